The first-order valence-corrected chi connectivity index (χ1v) is 15.3. The quantitative estimate of drug-likeness (QED) is 0.133. The number of amides is 1. The summed E-state index contributed by atoms with van der Waals surface area (Å²) in [6.07, 6.45) is 3.78. The molecule has 0 bridgehead atoms. The number of anilines is 2. The van der Waals surface area contributed by atoms with Crippen molar-refractivity contribution < 1.29 is 4.79 Å². The number of fused-ring (bicyclic) bond motifs is 2. The number of nitrogens with one attached hydrogen (secondary N) is 2. The second-order valence-corrected chi connectivity index (χ2v) is 11.7. The van der Waals surface area contributed by atoms with Crippen molar-refractivity contribution in [1.82, 2.24) is 15.0 Å². The van der Waals surface area contributed by atoms with Gasteiger partial charge in [0.1, 0.15) is 0 Å². The summed E-state index contributed by atoms with van der Waals surface area (Å²) < 4.78 is 2.22. The molecule has 0 aliphatic carbocycles. The molecule has 2 N–H and O–H groups in total. The molecule has 2 heterocycles. The van der Waals surface area contributed by atoms with E-state index in [-0.39, 0.29) is 5.91 Å². The van der Waals surface area contributed by atoms with E-state index in [9.17, 15) is 4.79 Å². The first-order chi connectivity index (χ1) is 21.6. The molecule has 0 radical (unpaired) electrons. The van der Waals surface area contributed by atoms with Crippen molar-refractivity contribution >= 4 is 67.6 Å². The minimum atomic E-state index is -0.281. The summed E-state index contributed by atoms with van der Waals surface area (Å²) in [5.41, 5.74) is 9.11. The largest absolute Gasteiger partial charge is 0.342 e. The number of nitrogens with zero attached hydrogens (tertiary/aromatic N) is 3. The van der Waals surface area contributed by atoms with Crippen molar-refractivity contribution in [2.45, 2.75) is 6.54 Å². The number of benzene rings is 5. The Bertz CT molecular complexity index is 2130. The lowest BCUT2D eigenvalue weighted by atomic mass is 10.1. The van der Waals surface area contributed by atoms with E-state index in [1.165, 1.54) is 27.7 Å². The van der Waals surface area contributed by atoms with Gasteiger partial charge in [-0.05, 0) is 64.9 Å². The van der Waals surface area contributed by atoms with E-state index >= 15 is 0 Å². The van der Waals surface area contributed by atoms with Gasteiger partial charge in [0, 0.05) is 56.4 Å². The molecule has 0 unspecified atom stereocenters. The fraction of sp³-hybridized carbons (Fsp3) is 0.0278. The first-order valence-electron chi connectivity index (χ1n) is 14.1. The van der Waals surface area contributed by atoms with Crippen LogP contribution in [0.2, 0.25) is 5.02 Å². The Hall–Kier alpha value is -5.24. The van der Waals surface area contributed by atoms with E-state index in [2.05, 4.69) is 86.2 Å². The Labute approximate surface area is 263 Å². The topological polar surface area (TPSA) is 71.3 Å². The molecule has 5 aromatic carbocycles. The molecular weight excluding hydrogens is 586 g/mol. The maximum atomic E-state index is 12.9. The molecule has 0 fully saturated rings. The molecule has 0 saturated carbocycles. The van der Waals surface area contributed by atoms with Gasteiger partial charge in [-0.15, -0.1) is 11.3 Å². The lowest BCUT2D eigenvalue weighted by Crippen LogP contribution is -2.17. The molecular formula is C36H26ClN5OS. The van der Waals surface area contributed by atoms with Gasteiger partial charge in [-0.2, -0.15) is 5.10 Å². The minimum Gasteiger partial charge on any atom is -0.342 e. The number of hydrazone groups is 1. The smallest absolute Gasteiger partial charge is 0.271 e. The van der Waals surface area contributed by atoms with Gasteiger partial charge in [-0.3, -0.25) is 4.79 Å². The Balaban J connectivity index is 1.02. The molecule has 0 aliphatic heterocycles. The highest BCUT2D eigenvalue weighted by Crippen LogP contribution is 2.28. The highest BCUT2D eigenvalue weighted by molar-refractivity contribution is 7.14. The molecule has 0 aliphatic rings. The molecule has 0 spiro atoms. The third-order valence-electron chi connectivity index (χ3n) is 7.40. The van der Waals surface area contributed by atoms with Crippen molar-refractivity contribution in [1.29, 1.82) is 0 Å². The highest BCUT2D eigenvalue weighted by atomic mass is 35.5. The van der Waals surface area contributed by atoms with E-state index in [1.54, 1.807) is 18.3 Å². The molecule has 1 amide bonds. The van der Waals surface area contributed by atoms with E-state index < -0.39 is 0 Å². The average molecular weight is 612 g/mol. The van der Waals surface area contributed by atoms with Gasteiger partial charge in [0.2, 0.25) is 0 Å². The second-order valence-electron chi connectivity index (χ2n) is 10.4. The van der Waals surface area contributed by atoms with Crippen molar-refractivity contribution in [2.75, 3.05) is 5.32 Å². The molecule has 7 aromatic rings. The zero-order chi connectivity index (χ0) is 29.9. The maximum Gasteiger partial charge on any atom is 0.271 e. The number of aromatic nitrogens is 2. The molecule has 44 heavy (non-hydrogen) atoms. The van der Waals surface area contributed by atoms with Gasteiger partial charge < -0.3 is 9.88 Å². The van der Waals surface area contributed by atoms with E-state index in [0.29, 0.717) is 10.6 Å². The third-order valence-corrected chi connectivity index (χ3v) is 8.41. The van der Waals surface area contributed by atoms with Gasteiger partial charge in [0.05, 0.1) is 11.9 Å². The minimum absolute atomic E-state index is 0.281. The van der Waals surface area contributed by atoms with E-state index in [1.807, 2.05) is 53.9 Å². The predicted molar refractivity (Wildman–Crippen MR) is 182 cm³/mol. The monoisotopic (exact) mass is 611 g/mol. The fourth-order valence-electron chi connectivity index (χ4n) is 5.18. The Morgan fingerprint density at radius 2 is 1.66 bits per heavy atom. The number of hydrogen-bond donors (Lipinski definition) is 2. The van der Waals surface area contributed by atoms with Crippen LogP contribution in [0.5, 0.6) is 0 Å². The number of halogens is 1. The first kappa shape index (κ1) is 27.6. The summed E-state index contributed by atoms with van der Waals surface area (Å²) in [6, 6.07) is 38.0. The Morgan fingerprint density at radius 3 is 2.50 bits per heavy atom. The van der Waals surface area contributed by atoms with Crippen molar-refractivity contribution in [3.63, 3.8) is 0 Å². The summed E-state index contributed by atoms with van der Waals surface area (Å²) in [5.74, 6) is -0.281. The molecule has 7 rings (SSSR count). The van der Waals surface area contributed by atoms with Gasteiger partial charge in [0.25, 0.3) is 5.91 Å². The van der Waals surface area contributed by atoms with Crippen LogP contribution in [-0.4, -0.2) is 21.7 Å². The maximum absolute atomic E-state index is 12.9. The number of rotatable bonds is 8. The number of para-hydroxylation sites is 1. The fourth-order valence-corrected chi connectivity index (χ4v) is 6.05. The van der Waals surface area contributed by atoms with Crippen molar-refractivity contribution in [2.24, 2.45) is 5.10 Å². The number of hydrogen-bond acceptors (Lipinski definition) is 5. The van der Waals surface area contributed by atoms with Gasteiger partial charge in [-0.1, -0.05) is 78.3 Å². The van der Waals surface area contributed by atoms with Crippen LogP contribution in [0, 0.1) is 0 Å². The van der Waals surface area contributed by atoms with Crippen LogP contribution in [0.3, 0.4) is 0 Å². The molecule has 6 nitrogen and oxygen atoms in total. The van der Waals surface area contributed by atoms with Crippen LogP contribution in [-0.2, 0) is 6.54 Å². The van der Waals surface area contributed by atoms with Crippen LogP contribution in [0.15, 0.2) is 132 Å². The lowest BCUT2D eigenvalue weighted by Gasteiger charge is -2.07. The summed E-state index contributed by atoms with van der Waals surface area (Å²) in [6.45, 7) is 0.732. The Morgan fingerprint density at radius 1 is 0.886 bits per heavy atom. The lowest BCUT2D eigenvalue weighted by molar-refractivity contribution is 0.0955. The normalized spacial score (nSPS) is 11.4. The second kappa shape index (κ2) is 12.2. The molecule has 0 atom stereocenters. The van der Waals surface area contributed by atoms with Crippen LogP contribution in [0.1, 0.15) is 21.5 Å². The Kier molecular flexibility index (Phi) is 7.63. The van der Waals surface area contributed by atoms with Crippen LogP contribution >= 0.6 is 22.9 Å². The standard InChI is InChI=1S/C36H26ClN5OS/c37-30-15-17-31(18-16-30)39-36-40-33(23-44-36)26-11-13-27(14-12-26)35(43)41-38-20-29-22-42(34-8-4-3-7-32(29)34)21-24-9-10-25-5-1-2-6-28(25)19-24/h1-20,22-23H,21H2,(H,39,40)(H,41,43)/b38-20-. The van der Waals surface area contributed by atoms with Crippen LogP contribution in [0.25, 0.3) is 32.9 Å². The van der Waals surface area contributed by atoms with Crippen molar-refractivity contribution in [3.05, 3.63) is 149 Å². The summed E-state index contributed by atoms with van der Waals surface area (Å²) in [4.78, 5) is 17.5. The molecule has 8 heteroatoms. The molecule has 214 valence electrons. The third kappa shape index (κ3) is 5.97. The van der Waals surface area contributed by atoms with Gasteiger partial charge in [0.15, 0.2) is 5.13 Å². The van der Waals surface area contributed by atoms with Gasteiger partial charge in [-0.25, -0.2) is 10.4 Å². The van der Waals surface area contributed by atoms with Crippen LogP contribution in [0.4, 0.5) is 10.8 Å². The molecule has 2 aromatic heterocycles. The van der Waals surface area contributed by atoms with Crippen LogP contribution < -0.4 is 10.7 Å². The average Bonchev–Trinajstić information content (AvgIpc) is 3.67. The number of carbonyl (C=O) groups is 1. The highest BCUT2D eigenvalue weighted by Gasteiger charge is 2.10. The zero-order valence-corrected chi connectivity index (χ0v) is 25.0. The van der Waals surface area contributed by atoms with E-state index in [0.717, 1.165) is 45.1 Å². The SMILES string of the molecule is O=C(N/N=C\c1cn(Cc2ccc3ccccc3c2)c2ccccc12)c1ccc(-c2csc(Nc3ccc(Cl)cc3)n2)cc1. The number of thiazole rings is 1. The summed E-state index contributed by atoms with van der Waals surface area (Å²) in [5, 5.41) is 14.5. The van der Waals surface area contributed by atoms with E-state index in [4.69, 9.17) is 11.6 Å². The van der Waals surface area contributed by atoms with Gasteiger partial charge >= 0.3 is 0 Å². The number of carbonyl (C=O) groups excluding carboxylic acids is 1. The summed E-state index contributed by atoms with van der Waals surface area (Å²) >= 11 is 7.48. The molecule has 0 saturated heterocycles. The zero-order valence-electron chi connectivity index (χ0n) is 23.4. The predicted octanol–water partition coefficient (Wildman–Crippen LogP) is 9.13. The van der Waals surface area contributed by atoms with Crippen molar-refractivity contribution in [3.8, 4) is 11.3 Å². The summed E-state index contributed by atoms with van der Waals surface area (Å²) in [7, 11) is 0.